The van der Waals surface area contributed by atoms with Crippen LogP contribution in [0.15, 0.2) is 58.5 Å². The summed E-state index contributed by atoms with van der Waals surface area (Å²) in [6, 6.07) is 10.3. The maximum atomic E-state index is 14.8. The van der Waals surface area contributed by atoms with E-state index in [0.717, 1.165) is 17.0 Å². The molecule has 0 amide bonds. The van der Waals surface area contributed by atoms with Crippen molar-refractivity contribution in [1.29, 1.82) is 0 Å². The fourth-order valence-electron chi connectivity index (χ4n) is 3.58. The Kier molecular flexibility index (Phi) is 6.17. The Labute approximate surface area is 191 Å². The Morgan fingerprint density at radius 3 is 2.53 bits per heavy atom. The Morgan fingerprint density at radius 2 is 1.85 bits per heavy atom. The molecule has 2 aromatic heterocycles. The van der Waals surface area contributed by atoms with Crippen LogP contribution in [0.4, 0.5) is 24.8 Å². The minimum absolute atomic E-state index is 0.0815. The molecule has 0 unspecified atom stereocenters. The molecule has 2 aromatic carbocycles. The largest absolute Gasteiger partial charge is 0.409 e. The molecule has 0 aliphatic rings. The van der Waals surface area contributed by atoms with Gasteiger partial charge in [-0.15, -0.1) is 0 Å². The Morgan fingerprint density at radius 1 is 1.12 bits per heavy atom. The minimum Gasteiger partial charge on any atom is -0.409 e. The lowest BCUT2D eigenvalue weighted by atomic mass is 10.0. The Bertz CT molecular complexity index is 1450. The lowest BCUT2D eigenvalue weighted by Crippen LogP contribution is -2.27. The maximum Gasteiger partial charge on any atom is 0.249 e. The third-order valence-corrected chi connectivity index (χ3v) is 5.19. The van der Waals surface area contributed by atoms with Crippen LogP contribution in [0.2, 0.25) is 0 Å². The monoisotopic (exact) mass is 468 g/mol. The van der Waals surface area contributed by atoms with Crippen molar-refractivity contribution in [3.8, 4) is 11.3 Å². The normalized spacial score (nSPS) is 11.7. The number of para-hydroxylation sites is 1. The lowest BCUT2D eigenvalue weighted by molar-refractivity contribution is 0.317. The number of halogens is 3. The predicted molar refractivity (Wildman–Crippen MR) is 122 cm³/mol. The molecule has 0 radical (unpaired) electrons. The molecule has 0 spiro atoms. The zero-order valence-corrected chi connectivity index (χ0v) is 17.9. The number of anilines is 2. The van der Waals surface area contributed by atoms with Gasteiger partial charge in [-0.1, -0.05) is 11.2 Å². The van der Waals surface area contributed by atoms with Gasteiger partial charge in [-0.2, -0.15) is 4.98 Å². The number of nitrogens with two attached hydrogens (primary N) is 1. The highest BCUT2D eigenvalue weighted by atomic mass is 19.1. The fourth-order valence-corrected chi connectivity index (χ4v) is 3.58. The van der Waals surface area contributed by atoms with Crippen molar-refractivity contribution < 1.29 is 18.4 Å². The molecule has 0 aliphatic heterocycles. The quantitative estimate of drug-likeness (QED) is 0.170. The van der Waals surface area contributed by atoms with Gasteiger partial charge in [0.2, 0.25) is 11.5 Å². The summed E-state index contributed by atoms with van der Waals surface area (Å²) in [6.07, 6.45) is -0.0815. The van der Waals surface area contributed by atoms with Crippen molar-refractivity contribution in [2.24, 2.45) is 10.9 Å². The number of benzene rings is 2. The van der Waals surface area contributed by atoms with Crippen molar-refractivity contribution in [2.75, 3.05) is 11.4 Å². The van der Waals surface area contributed by atoms with Crippen LogP contribution in [0.5, 0.6) is 0 Å². The number of aryl methyl sites for hydroxylation is 1. The van der Waals surface area contributed by atoms with Gasteiger partial charge in [-0.25, -0.2) is 18.2 Å². The summed E-state index contributed by atoms with van der Waals surface area (Å²) >= 11 is 0. The van der Waals surface area contributed by atoms with Crippen molar-refractivity contribution in [1.82, 2.24) is 15.0 Å². The molecule has 4 N–H and O–H groups in total. The molecule has 0 saturated carbocycles. The van der Waals surface area contributed by atoms with Crippen LogP contribution < -0.4 is 16.2 Å². The summed E-state index contributed by atoms with van der Waals surface area (Å²) in [5.74, 6) is -2.54. The fraction of sp³-hybridized carbons (Fsp3) is 0.130. The third-order valence-electron chi connectivity index (χ3n) is 5.19. The van der Waals surface area contributed by atoms with E-state index in [1.807, 2.05) is 0 Å². The number of nitrogens with one attached hydrogen (secondary N) is 1. The second kappa shape index (κ2) is 9.22. The number of hydrogen-bond acceptors (Lipinski definition) is 6. The second-order valence-electron chi connectivity index (χ2n) is 7.48. The SMILES string of the molecule is Cc1cc(F)ccc1-c1nc(N(CCC(N)=NO)c2c(F)cccc2F)nc2[nH]c(=O)ccc12. The van der Waals surface area contributed by atoms with Gasteiger partial charge in [0.15, 0.2) is 0 Å². The van der Waals surface area contributed by atoms with Crippen LogP contribution >= 0.6 is 0 Å². The molecular weight excluding hydrogens is 449 g/mol. The molecule has 11 heteroatoms. The van der Waals surface area contributed by atoms with Crippen LogP contribution in [0.3, 0.4) is 0 Å². The number of H-pyrrole nitrogens is 1. The van der Waals surface area contributed by atoms with E-state index < -0.39 is 28.7 Å². The summed E-state index contributed by atoms with van der Waals surface area (Å²) in [7, 11) is 0. The smallest absolute Gasteiger partial charge is 0.249 e. The molecular formula is C23H19F3N6O2. The molecule has 0 bridgehead atoms. The van der Waals surface area contributed by atoms with Gasteiger partial charge in [0.05, 0.1) is 5.69 Å². The molecule has 174 valence electrons. The predicted octanol–water partition coefficient (Wildman–Crippen LogP) is 3.99. The average molecular weight is 468 g/mol. The lowest BCUT2D eigenvalue weighted by Gasteiger charge is -2.24. The zero-order chi connectivity index (χ0) is 24.4. The number of amidine groups is 1. The van der Waals surface area contributed by atoms with E-state index in [4.69, 9.17) is 10.9 Å². The number of aromatic nitrogens is 3. The van der Waals surface area contributed by atoms with Crippen LogP contribution in [0.25, 0.3) is 22.3 Å². The van der Waals surface area contributed by atoms with Crippen molar-refractivity contribution in [2.45, 2.75) is 13.3 Å². The number of oxime groups is 1. The first kappa shape index (κ1) is 22.8. The summed E-state index contributed by atoms with van der Waals surface area (Å²) in [6.45, 7) is 1.53. The van der Waals surface area contributed by atoms with Gasteiger partial charge in [-0.3, -0.25) is 4.79 Å². The molecule has 0 fully saturated rings. The highest BCUT2D eigenvalue weighted by molar-refractivity contribution is 5.92. The highest BCUT2D eigenvalue weighted by Crippen LogP contribution is 2.33. The van der Waals surface area contributed by atoms with E-state index in [1.165, 1.54) is 36.4 Å². The van der Waals surface area contributed by atoms with E-state index in [-0.39, 0.29) is 30.4 Å². The summed E-state index contributed by atoms with van der Waals surface area (Å²) in [4.78, 5) is 24.6. The molecule has 4 aromatic rings. The van der Waals surface area contributed by atoms with Crippen molar-refractivity contribution >= 4 is 28.5 Å². The molecule has 34 heavy (non-hydrogen) atoms. The van der Waals surface area contributed by atoms with Gasteiger partial charge < -0.3 is 20.8 Å². The standard InChI is InChI=1S/C23H19F3N6O2/c1-12-11-13(24)5-6-14(12)20-15-7-8-19(33)28-22(15)30-23(29-20)32(10-9-18(27)31-34)21-16(25)3-2-4-17(21)26/h2-8,11,34H,9-10H2,1H3,(H2,27,31)(H,28,29,30,33). The molecule has 4 rings (SSSR count). The first-order valence-electron chi connectivity index (χ1n) is 10.1. The topological polar surface area (TPSA) is 120 Å². The van der Waals surface area contributed by atoms with Crippen LogP contribution in [0, 0.1) is 24.4 Å². The summed E-state index contributed by atoms with van der Waals surface area (Å²) in [5.41, 5.74) is 6.20. The number of hydrogen-bond donors (Lipinski definition) is 3. The van der Waals surface area contributed by atoms with E-state index in [0.29, 0.717) is 22.2 Å². The number of pyridine rings is 1. The van der Waals surface area contributed by atoms with Crippen molar-refractivity contribution in [3.63, 3.8) is 0 Å². The molecule has 0 saturated heterocycles. The van der Waals surface area contributed by atoms with E-state index in [2.05, 4.69) is 20.1 Å². The molecule has 2 heterocycles. The van der Waals surface area contributed by atoms with Gasteiger partial charge in [0.1, 0.15) is 34.6 Å². The van der Waals surface area contributed by atoms with E-state index in [9.17, 15) is 18.0 Å². The van der Waals surface area contributed by atoms with E-state index in [1.54, 1.807) is 6.92 Å². The van der Waals surface area contributed by atoms with Gasteiger partial charge >= 0.3 is 0 Å². The third kappa shape index (κ3) is 4.40. The summed E-state index contributed by atoms with van der Waals surface area (Å²) in [5, 5.41) is 12.3. The molecule has 8 nitrogen and oxygen atoms in total. The van der Waals surface area contributed by atoms with Gasteiger partial charge in [0.25, 0.3) is 0 Å². The first-order valence-corrected chi connectivity index (χ1v) is 10.1. The van der Waals surface area contributed by atoms with Crippen molar-refractivity contribution in [3.05, 3.63) is 81.9 Å². The minimum atomic E-state index is -0.885. The van der Waals surface area contributed by atoms with E-state index >= 15 is 0 Å². The van der Waals surface area contributed by atoms with Crippen LogP contribution in [-0.2, 0) is 0 Å². The number of fused-ring (bicyclic) bond motifs is 1. The Balaban J connectivity index is 2.00. The first-order chi connectivity index (χ1) is 16.3. The van der Waals surface area contributed by atoms with Crippen LogP contribution in [-0.4, -0.2) is 32.5 Å². The zero-order valence-electron chi connectivity index (χ0n) is 17.9. The second-order valence-corrected chi connectivity index (χ2v) is 7.48. The Hall–Kier alpha value is -4.41. The maximum absolute atomic E-state index is 14.8. The number of aromatic amines is 1. The number of rotatable bonds is 6. The summed E-state index contributed by atoms with van der Waals surface area (Å²) < 4.78 is 43.3. The number of nitrogens with zero attached hydrogens (tertiary/aromatic N) is 4. The van der Waals surface area contributed by atoms with Gasteiger partial charge in [0, 0.05) is 30.0 Å². The van der Waals surface area contributed by atoms with Gasteiger partial charge in [-0.05, 0) is 48.9 Å². The molecule has 0 atom stereocenters. The average Bonchev–Trinajstić information content (AvgIpc) is 2.80. The molecule has 0 aliphatic carbocycles. The van der Waals surface area contributed by atoms with Crippen LogP contribution in [0.1, 0.15) is 12.0 Å². The highest BCUT2D eigenvalue weighted by Gasteiger charge is 2.23.